The van der Waals surface area contributed by atoms with E-state index in [4.69, 9.17) is 11.5 Å². The SMILES string of the molecule is NC(=O)CC1(O)CCC(N)CC1. The second kappa shape index (κ2) is 3.41. The van der Waals surface area contributed by atoms with Crippen LogP contribution in [0.4, 0.5) is 0 Å². The van der Waals surface area contributed by atoms with Gasteiger partial charge in [0.25, 0.3) is 0 Å². The van der Waals surface area contributed by atoms with Gasteiger partial charge in [-0.1, -0.05) is 0 Å². The van der Waals surface area contributed by atoms with Crippen molar-refractivity contribution in [1.82, 2.24) is 0 Å². The minimum absolute atomic E-state index is 0.0692. The molecule has 1 saturated carbocycles. The molecule has 0 heterocycles. The second-order valence-electron chi connectivity index (χ2n) is 3.70. The van der Waals surface area contributed by atoms with Gasteiger partial charge in [-0.05, 0) is 25.7 Å². The molecule has 0 spiro atoms. The Balaban J connectivity index is 2.44. The lowest BCUT2D eigenvalue weighted by atomic mass is 9.80. The summed E-state index contributed by atoms with van der Waals surface area (Å²) in [6, 6.07) is 0.179. The van der Waals surface area contributed by atoms with Crippen LogP contribution in [-0.4, -0.2) is 22.7 Å². The van der Waals surface area contributed by atoms with E-state index >= 15 is 0 Å². The molecule has 0 unspecified atom stereocenters. The van der Waals surface area contributed by atoms with E-state index in [9.17, 15) is 9.90 Å². The fourth-order valence-electron chi connectivity index (χ4n) is 1.68. The first-order chi connectivity index (χ1) is 5.52. The Morgan fingerprint density at radius 1 is 1.50 bits per heavy atom. The fourth-order valence-corrected chi connectivity index (χ4v) is 1.68. The van der Waals surface area contributed by atoms with Crippen molar-refractivity contribution >= 4 is 5.91 Å². The van der Waals surface area contributed by atoms with Gasteiger partial charge in [0.2, 0.25) is 5.91 Å². The van der Waals surface area contributed by atoms with E-state index < -0.39 is 11.5 Å². The van der Waals surface area contributed by atoms with Crippen molar-refractivity contribution in [1.29, 1.82) is 0 Å². The molecule has 0 radical (unpaired) electrons. The Bertz CT molecular complexity index is 174. The summed E-state index contributed by atoms with van der Waals surface area (Å²) in [4.78, 5) is 10.6. The Morgan fingerprint density at radius 2 is 2.00 bits per heavy atom. The number of amides is 1. The average molecular weight is 172 g/mol. The van der Waals surface area contributed by atoms with Crippen LogP contribution in [0.25, 0.3) is 0 Å². The minimum atomic E-state index is -0.873. The average Bonchev–Trinajstić information content (AvgIpc) is 1.94. The van der Waals surface area contributed by atoms with Gasteiger partial charge in [0.15, 0.2) is 0 Å². The lowest BCUT2D eigenvalue weighted by Gasteiger charge is -2.33. The quantitative estimate of drug-likeness (QED) is 0.524. The van der Waals surface area contributed by atoms with Gasteiger partial charge in [-0.15, -0.1) is 0 Å². The summed E-state index contributed by atoms with van der Waals surface area (Å²) in [6.07, 6.45) is 2.82. The van der Waals surface area contributed by atoms with Crippen molar-refractivity contribution in [2.24, 2.45) is 11.5 Å². The molecule has 4 heteroatoms. The molecule has 1 aliphatic carbocycles. The van der Waals surface area contributed by atoms with Gasteiger partial charge in [0.05, 0.1) is 12.0 Å². The summed E-state index contributed by atoms with van der Waals surface area (Å²) < 4.78 is 0. The van der Waals surface area contributed by atoms with Gasteiger partial charge >= 0.3 is 0 Å². The fraction of sp³-hybridized carbons (Fsp3) is 0.875. The number of aliphatic hydroxyl groups is 1. The maximum atomic E-state index is 10.6. The van der Waals surface area contributed by atoms with Crippen molar-refractivity contribution in [3.05, 3.63) is 0 Å². The highest BCUT2D eigenvalue weighted by molar-refractivity contribution is 5.74. The summed E-state index contributed by atoms with van der Waals surface area (Å²) in [5.41, 5.74) is 9.80. The number of hydrogen-bond acceptors (Lipinski definition) is 3. The van der Waals surface area contributed by atoms with Crippen LogP contribution < -0.4 is 11.5 Å². The van der Waals surface area contributed by atoms with Crippen LogP contribution in [0.1, 0.15) is 32.1 Å². The molecule has 0 atom stereocenters. The Hall–Kier alpha value is -0.610. The minimum Gasteiger partial charge on any atom is -0.389 e. The highest BCUT2D eigenvalue weighted by Crippen LogP contribution is 2.29. The van der Waals surface area contributed by atoms with E-state index in [-0.39, 0.29) is 12.5 Å². The molecule has 1 rings (SSSR count). The Morgan fingerprint density at radius 3 is 2.42 bits per heavy atom. The van der Waals surface area contributed by atoms with Crippen molar-refractivity contribution in [2.75, 3.05) is 0 Å². The summed E-state index contributed by atoms with van der Waals surface area (Å²) in [5, 5.41) is 9.80. The maximum Gasteiger partial charge on any atom is 0.220 e. The summed E-state index contributed by atoms with van der Waals surface area (Å²) in [6.45, 7) is 0. The molecule has 12 heavy (non-hydrogen) atoms. The van der Waals surface area contributed by atoms with E-state index in [0.717, 1.165) is 12.8 Å². The summed E-state index contributed by atoms with van der Waals surface area (Å²) in [7, 11) is 0. The molecule has 4 nitrogen and oxygen atoms in total. The number of carbonyl (C=O) groups is 1. The van der Waals surface area contributed by atoms with Crippen LogP contribution >= 0.6 is 0 Å². The van der Waals surface area contributed by atoms with E-state index in [0.29, 0.717) is 12.8 Å². The second-order valence-corrected chi connectivity index (χ2v) is 3.70. The smallest absolute Gasteiger partial charge is 0.220 e. The Kier molecular flexibility index (Phi) is 2.69. The molecule has 1 aliphatic rings. The predicted octanol–water partition coefficient (Wildman–Crippen LogP) is -0.506. The van der Waals surface area contributed by atoms with Gasteiger partial charge in [-0.2, -0.15) is 0 Å². The maximum absolute atomic E-state index is 10.6. The van der Waals surface area contributed by atoms with Crippen LogP contribution in [0.2, 0.25) is 0 Å². The van der Waals surface area contributed by atoms with Gasteiger partial charge in [0.1, 0.15) is 0 Å². The van der Waals surface area contributed by atoms with Crippen LogP contribution in [0, 0.1) is 0 Å². The first-order valence-electron chi connectivity index (χ1n) is 4.28. The molecule has 0 aromatic heterocycles. The molecule has 0 bridgehead atoms. The third kappa shape index (κ3) is 2.46. The molecule has 1 fully saturated rings. The van der Waals surface area contributed by atoms with Crippen LogP contribution in [0.15, 0.2) is 0 Å². The molecule has 0 aromatic rings. The number of rotatable bonds is 2. The Labute approximate surface area is 71.9 Å². The number of hydrogen-bond donors (Lipinski definition) is 3. The summed E-state index contributed by atoms with van der Waals surface area (Å²) >= 11 is 0. The molecule has 5 N–H and O–H groups in total. The third-order valence-electron chi connectivity index (χ3n) is 2.46. The standard InChI is InChI=1S/C8H16N2O2/c9-6-1-3-8(12,4-2-6)5-7(10)11/h6,12H,1-5,9H2,(H2,10,11). The van der Waals surface area contributed by atoms with Gasteiger partial charge in [0, 0.05) is 6.04 Å². The predicted molar refractivity (Wildman–Crippen MR) is 45.2 cm³/mol. The van der Waals surface area contributed by atoms with Gasteiger partial charge in [-0.3, -0.25) is 4.79 Å². The molecule has 1 amide bonds. The first kappa shape index (κ1) is 9.48. The highest BCUT2D eigenvalue weighted by atomic mass is 16.3. The normalized spacial score (nSPS) is 36.3. The van der Waals surface area contributed by atoms with Crippen molar-refractivity contribution in [3.8, 4) is 0 Å². The molecule has 0 saturated heterocycles. The summed E-state index contributed by atoms with van der Waals surface area (Å²) in [5.74, 6) is -0.437. The highest BCUT2D eigenvalue weighted by Gasteiger charge is 2.33. The lowest BCUT2D eigenvalue weighted by molar-refractivity contribution is -0.124. The van der Waals surface area contributed by atoms with E-state index in [1.54, 1.807) is 0 Å². The zero-order chi connectivity index (χ0) is 9.19. The van der Waals surface area contributed by atoms with E-state index in [1.165, 1.54) is 0 Å². The third-order valence-corrected chi connectivity index (χ3v) is 2.46. The monoisotopic (exact) mass is 172 g/mol. The van der Waals surface area contributed by atoms with E-state index in [1.807, 2.05) is 0 Å². The molecular formula is C8H16N2O2. The molecule has 0 aromatic carbocycles. The van der Waals surface area contributed by atoms with Crippen molar-refractivity contribution in [2.45, 2.75) is 43.7 Å². The first-order valence-corrected chi connectivity index (χ1v) is 4.28. The zero-order valence-electron chi connectivity index (χ0n) is 7.12. The van der Waals surface area contributed by atoms with E-state index in [2.05, 4.69) is 0 Å². The number of nitrogens with two attached hydrogens (primary N) is 2. The number of primary amides is 1. The van der Waals surface area contributed by atoms with Crippen LogP contribution in [-0.2, 0) is 4.79 Å². The van der Waals surface area contributed by atoms with Gasteiger partial charge in [-0.25, -0.2) is 0 Å². The van der Waals surface area contributed by atoms with Crippen molar-refractivity contribution in [3.63, 3.8) is 0 Å². The molecular weight excluding hydrogens is 156 g/mol. The van der Waals surface area contributed by atoms with Gasteiger partial charge < -0.3 is 16.6 Å². The lowest BCUT2D eigenvalue weighted by Crippen LogP contribution is -2.41. The van der Waals surface area contributed by atoms with Crippen LogP contribution in [0.5, 0.6) is 0 Å². The van der Waals surface area contributed by atoms with Crippen molar-refractivity contribution < 1.29 is 9.90 Å². The molecule has 0 aliphatic heterocycles. The largest absolute Gasteiger partial charge is 0.389 e. The van der Waals surface area contributed by atoms with Crippen LogP contribution in [0.3, 0.4) is 0 Å². The topological polar surface area (TPSA) is 89.3 Å². The number of carbonyl (C=O) groups excluding carboxylic acids is 1. The molecule has 70 valence electrons. The zero-order valence-corrected chi connectivity index (χ0v) is 7.12.